The zero-order chi connectivity index (χ0) is 11.8. The van der Waals surface area contributed by atoms with Crippen LogP contribution in [0.2, 0.25) is 0 Å². The first-order valence-electron chi connectivity index (χ1n) is 5.92. The smallest absolute Gasteiger partial charge is 0.154 e. The van der Waals surface area contributed by atoms with Gasteiger partial charge in [0.2, 0.25) is 0 Å². The Morgan fingerprint density at radius 3 is 3.18 bits per heavy atom. The van der Waals surface area contributed by atoms with Crippen molar-refractivity contribution in [3.63, 3.8) is 0 Å². The van der Waals surface area contributed by atoms with E-state index in [4.69, 9.17) is 11.6 Å². The van der Waals surface area contributed by atoms with Crippen molar-refractivity contribution in [3.05, 3.63) is 24.7 Å². The van der Waals surface area contributed by atoms with Gasteiger partial charge in [-0.05, 0) is 18.4 Å². The van der Waals surface area contributed by atoms with Gasteiger partial charge in [-0.2, -0.15) is 5.10 Å². The van der Waals surface area contributed by atoms with Crippen LogP contribution in [0.15, 0.2) is 24.7 Å². The lowest BCUT2D eigenvalue weighted by Crippen LogP contribution is -2.34. The van der Waals surface area contributed by atoms with Crippen molar-refractivity contribution in [2.75, 3.05) is 17.3 Å². The Balaban J connectivity index is 2.06. The Kier molecular flexibility index (Phi) is 2.67. The summed E-state index contributed by atoms with van der Waals surface area (Å²) in [5.41, 5.74) is 1.05. The largest absolute Gasteiger partial charge is 0.350 e. The van der Waals surface area contributed by atoms with E-state index < -0.39 is 0 Å². The van der Waals surface area contributed by atoms with Crippen molar-refractivity contribution in [1.82, 2.24) is 14.6 Å². The minimum Gasteiger partial charge on any atom is -0.350 e. The minimum absolute atomic E-state index is 0.380. The first kappa shape index (κ1) is 10.8. The molecule has 3 heterocycles. The van der Waals surface area contributed by atoms with Gasteiger partial charge in [0.25, 0.3) is 0 Å². The third-order valence-corrected chi connectivity index (χ3v) is 3.93. The zero-order valence-corrected chi connectivity index (χ0v) is 10.5. The molecule has 1 aliphatic rings. The molecule has 0 aromatic carbocycles. The molecule has 2 unspecified atom stereocenters. The van der Waals surface area contributed by atoms with E-state index in [1.807, 2.05) is 16.8 Å². The molecule has 1 saturated heterocycles. The van der Waals surface area contributed by atoms with E-state index >= 15 is 0 Å². The van der Waals surface area contributed by atoms with E-state index in [0.717, 1.165) is 17.9 Å². The molecule has 1 fully saturated rings. The molecule has 2 aromatic heterocycles. The molecule has 0 saturated carbocycles. The average Bonchev–Trinajstić information content (AvgIpc) is 2.94. The number of aromatic nitrogens is 3. The highest BCUT2D eigenvalue weighted by atomic mass is 35.5. The lowest BCUT2D eigenvalue weighted by atomic mass is 10.1. The number of alkyl halides is 1. The van der Waals surface area contributed by atoms with E-state index in [-0.39, 0.29) is 0 Å². The standard InChI is InChI=1S/C12H15ClN4/c1-9-3-6-16(11(9)8-13)12-10-2-4-15-17(10)7-5-14-12/h2,4-5,7,9,11H,3,6,8H2,1H3. The SMILES string of the molecule is CC1CCN(c2nccn3nccc23)C1CCl. The predicted molar refractivity (Wildman–Crippen MR) is 68.6 cm³/mol. The number of rotatable bonds is 2. The molecule has 90 valence electrons. The maximum absolute atomic E-state index is 6.08. The van der Waals surface area contributed by atoms with Crippen molar-refractivity contribution in [2.45, 2.75) is 19.4 Å². The van der Waals surface area contributed by atoms with Gasteiger partial charge in [-0.1, -0.05) is 6.92 Å². The third-order valence-electron chi connectivity index (χ3n) is 3.62. The molecule has 0 amide bonds. The molecule has 2 aromatic rings. The molecule has 3 rings (SSSR count). The molecule has 0 bridgehead atoms. The first-order valence-corrected chi connectivity index (χ1v) is 6.45. The van der Waals surface area contributed by atoms with Crippen LogP contribution in [0.5, 0.6) is 0 Å². The Morgan fingerprint density at radius 1 is 1.47 bits per heavy atom. The molecule has 0 N–H and O–H groups in total. The second-order valence-corrected chi connectivity index (χ2v) is 4.90. The van der Waals surface area contributed by atoms with E-state index in [1.165, 1.54) is 6.42 Å². The number of anilines is 1. The summed E-state index contributed by atoms with van der Waals surface area (Å²) >= 11 is 6.08. The van der Waals surface area contributed by atoms with E-state index in [2.05, 4.69) is 21.9 Å². The fourth-order valence-corrected chi connectivity index (χ4v) is 3.04. The van der Waals surface area contributed by atoms with Crippen LogP contribution in [-0.4, -0.2) is 33.1 Å². The topological polar surface area (TPSA) is 33.4 Å². The summed E-state index contributed by atoms with van der Waals surface area (Å²) in [5.74, 6) is 2.27. The average molecular weight is 251 g/mol. The van der Waals surface area contributed by atoms with Gasteiger partial charge in [-0.25, -0.2) is 9.50 Å². The summed E-state index contributed by atoms with van der Waals surface area (Å²) < 4.78 is 1.86. The molecular weight excluding hydrogens is 236 g/mol. The molecule has 0 radical (unpaired) electrons. The fraction of sp³-hybridized carbons (Fsp3) is 0.500. The van der Waals surface area contributed by atoms with Crippen LogP contribution in [0.1, 0.15) is 13.3 Å². The fourth-order valence-electron chi connectivity index (χ4n) is 2.57. The highest BCUT2D eigenvalue weighted by Crippen LogP contribution is 2.31. The Hall–Kier alpha value is -1.29. The Morgan fingerprint density at radius 2 is 2.35 bits per heavy atom. The van der Waals surface area contributed by atoms with Crippen molar-refractivity contribution >= 4 is 22.9 Å². The lowest BCUT2D eigenvalue weighted by Gasteiger charge is -2.26. The molecule has 0 aliphatic carbocycles. The Bertz CT molecular complexity index is 524. The van der Waals surface area contributed by atoms with Gasteiger partial charge in [0.15, 0.2) is 5.82 Å². The summed E-state index contributed by atoms with van der Waals surface area (Å²) in [4.78, 5) is 6.81. The minimum atomic E-state index is 0.380. The van der Waals surface area contributed by atoms with Gasteiger partial charge in [0, 0.05) is 30.9 Å². The van der Waals surface area contributed by atoms with Crippen molar-refractivity contribution < 1.29 is 0 Å². The second-order valence-electron chi connectivity index (χ2n) is 4.59. The van der Waals surface area contributed by atoms with Crippen LogP contribution in [0.3, 0.4) is 0 Å². The van der Waals surface area contributed by atoms with E-state index in [9.17, 15) is 0 Å². The molecule has 17 heavy (non-hydrogen) atoms. The highest BCUT2D eigenvalue weighted by Gasteiger charge is 2.32. The normalized spacial score (nSPS) is 24.7. The van der Waals surface area contributed by atoms with Crippen LogP contribution in [0.25, 0.3) is 5.52 Å². The van der Waals surface area contributed by atoms with Crippen LogP contribution in [0.4, 0.5) is 5.82 Å². The predicted octanol–water partition coefficient (Wildman–Crippen LogP) is 2.18. The summed E-state index contributed by atoms with van der Waals surface area (Å²) in [7, 11) is 0. The van der Waals surface area contributed by atoms with Gasteiger partial charge >= 0.3 is 0 Å². The summed E-state index contributed by atoms with van der Waals surface area (Å²) in [6.07, 6.45) is 6.64. The molecular formula is C12H15ClN4. The number of halogens is 1. The monoisotopic (exact) mass is 250 g/mol. The van der Waals surface area contributed by atoms with E-state index in [0.29, 0.717) is 17.8 Å². The van der Waals surface area contributed by atoms with Crippen molar-refractivity contribution in [2.24, 2.45) is 5.92 Å². The zero-order valence-electron chi connectivity index (χ0n) is 9.75. The first-order chi connectivity index (χ1) is 8.31. The third kappa shape index (κ3) is 1.67. The number of hydrogen-bond acceptors (Lipinski definition) is 3. The van der Waals surface area contributed by atoms with Crippen molar-refractivity contribution in [3.8, 4) is 0 Å². The molecule has 2 atom stereocenters. The number of nitrogens with zero attached hydrogens (tertiary/aromatic N) is 4. The maximum atomic E-state index is 6.08. The molecule has 5 heteroatoms. The highest BCUT2D eigenvalue weighted by molar-refractivity contribution is 6.18. The van der Waals surface area contributed by atoms with Gasteiger partial charge in [0.05, 0.1) is 6.20 Å². The van der Waals surface area contributed by atoms with Gasteiger partial charge in [0.1, 0.15) is 5.52 Å². The molecule has 4 nitrogen and oxygen atoms in total. The number of fused-ring (bicyclic) bond motifs is 1. The molecule has 1 aliphatic heterocycles. The van der Waals surface area contributed by atoms with E-state index in [1.54, 1.807) is 12.4 Å². The Labute approximate surface area is 105 Å². The lowest BCUT2D eigenvalue weighted by molar-refractivity contribution is 0.549. The quantitative estimate of drug-likeness (QED) is 0.766. The summed E-state index contributed by atoms with van der Waals surface area (Å²) in [6, 6.07) is 2.38. The van der Waals surface area contributed by atoms with Crippen LogP contribution in [-0.2, 0) is 0 Å². The van der Waals surface area contributed by atoms with Gasteiger partial charge in [-0.15, -0.1) is 11.6 Å². The van der Waals surface area contributed by atoms with Gasteiger partial charge < -0.3 is 4.90 Å². The molecule has 0 spiro atoms. The van der Waals surface area contributed by atoms with Crippen LogP contribution in [0, 0.1) is 5.92 Å². The van der Waals surface area contributed by atoms with Crippen molar-refractivity contribution in [1.29, 1.82) is 0 Å². The van der Waals surface area contributed by atoms with Crippen LogP contribution >= 0.6 is 11.6 Å². The summed E-state index contributed by atoms with van der Waals surface area (Å²) in [5, 5.41) is 4.24. The maximum Gasteiger partial charge on any atom is 0.154 e. The number of hydrogen-bond donors (Lipinski definition) is 0. The summed E-state index contributed by atoms with van der Waals surface area (Å²) in [6.45, 7) is 3.28. The van der Waals surface area contributed by atoms with Crippen LogP contribution < -0.4 is 4.90 Å². The van der Waals surface area contributed by atoms with Gasteiger partial charge in [-0.3, -0.25) is 0 Å². The second kappa shape index (κ2) is 4.18.